The van der Waals surface area contributed by atoms with Crippen LogP contribution in [0.1, 0.15) is 53.4 Å². The summed E-state index contributed by atoms with van der Waals surface area (Å²) in [4.78, 5) is 14.1. The molecule has 0 aromatic rings. The van der Waals surface area contributed by atoms with Crippen molar-refractivity contribution in [3.63, 3.8) is 0 Å². The zero-order valence-corrected chi connectivity index (χ0v) is 15.8. The second-order valence-electron chi connectivity index (χ2n) is 7.94. The lowest BCUT2D eigenvalue weighted by Crippen LogP contribution is -2.35. The number of sulfonamides is 1. The van der Waals surface area contributed by atoms with Gasteiger partial charge >= 0.3 is 0 Å². The number of amides is 1. The molecule has 0 bridgehead atoms. The van der Waals surface area contributed by atoms with Crippen molar-refractivity contribution in [3.05, 3.63) is 0 Å². The Morgan fingerprint density at radius 3 is 2.35 bits per heavy atom. The fourth-order valence-electron chi connectivity index (χ4n) is 3.64. The van der Waals surface area contributed by atoms with Crippen molar-refractivity contribution in [2.24, 2.45) is 17.8 Å². The molecule has 2 saturated heterocycles. The minimum atomic E-state index is -3.18. The first-order valence-electron chi connectivity index (χ1n) is 8.98. The highest BCUT2D eigenvalue weighted by molar-refractivity contribution is 7.90. The quantitative estimate of drug-likeness (QED) is 0.769. The van der Waals surface area contributed by atoms with Crippen molar-refractivity contribution in [2.45, 2.75) is 58.6 Å². The predicted octanol–water partition coefficient (Wildman–Crippen LogP) is 2.33. The van der Waals surface area contributed by atoms with Gasteiger partial charge in [-0.3, -0.25) is 4.79 Å². The Morgan fingerprint density at radius 1 is 1.09 bits per heavy atom. The molecule has 0 aromatic carbocycles. The van der Waals surface area contributed by atoms with E-state index in [2.05, 4.69) is 13.8 Å². The number of fused-ring (bicyclic) bond motifs is 1. The summed E-state index contributed by atoms with van der Waals surface area (Å²) in [6.45, 7) is 10.9. The fraction of sp³-hybridized carbons (Fsp3) is 0.941. The van der Waals surface area contributed by atoms with E-state index in [1.165, 1.54) is 0 Å². The number of nitrogens with zero attached hydrogens (tertiary/aromatic N) is 2. The zero-order chi connectivity index (χ0) is 17.2. The van der Waals surface area contributed by atoms with Gasteiger partial charge in [0.05, 0.1) is 5.25 Å². The average Bonchev–Trinajstić information content (AvgIpc) is 2.60. The van der Waals surface area contributed by atoms with Gasteiger partial charge in [0, 0.05) is 32.6 Å². The molecule has 2 aliphatic heterocycles. The maximum absolute atomic E-state index is 12.8. The maximum Gasteiger partial charge on any atom is 0.222 e. The van der Waals surface area contributed by atoms with Gasteiger partial charge in [-0.15, -0.1) is 0 Å². The molecule has 6 heteroatoms. The molecule has 1 amide bonds. The summed E-state index contributed by atoms with van der Waals surface area (Å²) < 4.78 is 27.2. The summed E-state index contributed by atoms with van der Waals surface area (Å²) in [5.41, 5.74) is 0. The summed E-state index contributed by atoms with van der Waals surface area (Å²) in [5.74, 6) is 1.22. The van der Waals surface area contributed by atoms with E-state index in [0.29, 0.717) is 50.9 Å². The van der Waals surface area contributed by atoms with Gasteiger partial charge in [-0.2, -0.15) is 0 Å². The summed E-state index contributed by atoms with van der Waals surface area (Å²) in [6.07, 6.45) is 2.88. The van der Waals surface area contributed by atoms with Crippen LogP contribution in [0.3, 0.4) is 0 Å². The third kappa shape index (κ3) is 4.47. The topological polar surface area (TPSA) is 57.7 Å². The first kappa shape index (κ1) is 18.7. The molecule has 2 heterocycles. The SMILES string of the molecule is CC(C)CCN1C[C@H]2CCN(C(=O)CC(C)C)CC[C@H]2S1(=O)=O. The first-order chi connectivity index (χ1) is 10.7. The maximum atomic E-state index is 12.8. The molecule has 0 radical (unpaired) electrons. The fourth-order valence-corrected chi connectivity index (χ4v) is 5.90. The highest BCUT2D eigenvalue weighted by Crippen LogP contribution is 2.34. The molecule has 2 aliphatic rings. The van der Waals surface area contributed by atoms with Gasteiger partial charge in [-0.05, 0) is 37.0 Å². The van der Waals surface area contributed by atoms with Crippen LogP contribution in [-0.2, 0) is 14.8 Å². The highest BCUT2D eigenvalue weighted by atomic mass is 32.2. The van der Waals surface area contributed by atoms with E-state index < -0.39 is 10.0 Å². The van der Waals surface area contributed by atoms with Gasteiger partial charge in [-0.25, -0.2) is 12.7 Å². The molecular weight excluding hydrogens is 312 g/mol. The standard InChI is InChI=1S/C17H32N2O3S/c1-13(2)5-10-19-12-15-6-8-18(17(20)11-14(3)4)9-7-16(15)23(19,21)22/h13-16H,5-12H2,1-4H3/t15-,16-/m1/s1. The largest absolute Gasteiger partial charge is 0.343 e. The molecule has 2 atom stereocenters. The van der Waals surface area contributed by atoms with Crippen LogP contribution in [0.25, 0.3) is 0 Å². The average molecular weight is 345 g/mol. The van der Waals surface area contributed by atoms with Crippen molar-refractivity contribution in [1.29, 1.82) is 0 Å². The van der Waals surface area contributed by atoms with Gasteiger partial charge in [0.15, 0.2) is 0 Å². The van der Waals surface area contributed by atoms with Crippen molar-refractivity contribution in [1.82, 2.24) is 9.21 Å². The number of carbonyl (C=O) groups excluding carboxylic acids is 1. The van der Waals surface area contributed by atoms with Gasteiger partial charge in [0.1, 0.15) is 0 Å². The molecule has 2 rings (SSSR count). The Bertz CT molecular complexity index is 516. The third-order valence-corrected chi connectivity index (χ3v) is 7.49. The van der Waals surface area contributed by atoms with E-state index >= 15 is 0 Å². The molecule has 0 unspecified atom stereocenters. The minimum absolute atomic E-state index is 0.175. The van der Waals surface area contributed by atoms with Gasteiger partial charge in [0.25, 0.3) is 0 Å². The Morgan fingerprint density at radius 2 is 1.74 bits per heavy atom. The van der Waals surface area contributed by atoms with Crippen LogP contribution in [0.15, 0.2) is 0 Å². The number of likely N-dealkylation sites (tertiary alicyclic amines) is 1. The predicted molar refractivity (Wildman–Crippen MR) is 92.5 cm³/mol. The van der Waals surface area contributed by atoms with E-state index in [1.54, 1.807) is 4.31 Å². The number of rotatable bonds is 5. The molecule has 0 aliphatic carbocycles. The summed E-state index contributed by atoms with van der Waals surface area (Å²) in [7, 11) is -3.18. The number of hydrogen-bond donors (Lipinski definition) is 0. The van der Waals surface area contributed by atoms with Crippen LogP contribution in [0, 0.1) is 17.8 Å². The van der Waals surface area contributed by atoms with E-state index in [9.17, 15) is 13.2 Å². The second kappa shape index (κ2) is 7.51. The molecular formula is C17H32N2O3S. The Kier molecular flexibility index (Phi) is 6.11. The first-order valence-corrected chi connectivity index (χ1v) is 10.5. The lowest BCUT2D eigenvalue weighted by Gasteiger charge is -2.23. The molecule has 2 fully saturated rings. The summed E-state index contributed by atoms with van der Waals surface area (Å²) >= 11 is 0. The Labute approximate surface area is 141 Å². The molecule has 0 aromatic heterocycles. The smallest absolute Gasteiger partial charge is 0.222 e. The third-order valence-electron chi connectivity index (χ3n) is 5.05. The minimum Gasteiger partial charge on any atom is -0.343 e. The van der Waals surface area contributed by atoms with Crippen molar-refractivity contribution in [2.75, 3.05) is 26.2 Å². The summed E-state index contributed by atoms with van der Waals surface area (Å²) in [6, 6.07) is 0. The molecule has 23 heavy (non-hydrogen) atoms. The van der Waals surface area contributed by atoms with Crippen LogP contribution >= 0.6 is 0 Å². The van der Waals surface area contributed by atoms with E-state index in [4.69, 9.17) is 0 Å². The Balaban J connectivity index is 1.99. The van der Waals surface area contributed by atoms with Gasteiger partial charge in [0.2, 0.25) is 15.9 Å². The van der Waals surface area contributed by atoms with Gasteiger partial charge < -0.3 is 4.90 Å². The molecule has 0 spiro atoms. The summed E-state index contributed by atoms with van der Waals surface area (Å²) in [5, 5.41) is -0.286. The van der Waals surface area contributed by atoms with Crippen molar-refractivity contribution in [3.8, 4) is 0 Å². The zero-order valence-electron chi connectivity index (χ0n) is 15.0. The van der Waals surface area contributed by atoms with Crippen LogP contribution in [0.5, 0.6) is 0 Å². The van der Waals surface area contributed by atoms with Crippen LogP contribution in [-0.4, -0.2) is 55.0 Å². The van der Waals surface area contributed by atoms with Crippen LogP contribution < -0.4 is 0 Å². The normalized spacial score (nSPS) is 28.2. The van der Waals surface area contributed by atoms with E-state index in [0.717, 1.165) is 12.8 Å². The van der Waals surface area contributed by atoms with Crippen LogP contribution in [0.4, 0.5) is 0 Å². The number of hydrogen-bond acceptors (Lipinski definition) is 3. The lowest BCUT2D eigenvalue weighted by atomic mass is 10.0. The van der Waals surface area contributed by atoms with Crippen molar-refractivity contribution >= 4 is 15.9 Å². The van der Waals surface area contributed by atoms with Crippen molar-refractivity contribution < 1.29 is 13.2 Å². The second-order valence-corrected chi connectivity index (χ2v) is 10.1. The molecule has 5 nitrogen and oxygen atoms in total. The van der Waals surface area contributed by atoms with E-state index in [-0.39, 0.29) is 17.1 Å². The lowest BCUT2D eigenvalue weighted by molar-refractivity contribution is -0.131. The van der Waals surface area contributed by atoms with Crippen LogP contribution in [0.2, 0.25) is 0 Å². The highest BCUT2D eigenvalue weighted by Gasteiger charge is 2.46. The molecule has 134 valence electrons. The number of carbonyl (C=O) groups is 1. The molecule has 0 N–H and O–H groups in total. The van der Waals surface area contributed by atoms with E-state index in [1.807, 2.05) is 18.7 Å². The monoisotopic (exact) mass is 344 g/mol. The van der Waals surface area contributed by atoms with Gasteiger partial charge in [-0.1, -0.05) is 27.7 Å². The molecule has 0 saturated carbocycles. The Hall–Kier alpha value is -0.620.